The number of aromatic nitrogens is 4. The molecule has 2 aromatic heterocycles. The molecule has 0 radical (unpaired) electrons. The Morgan fingerprint density at radius 3 is 1.94 bits per heavy atom. The molecule has 7 aromatic rings. The summed E-state index contributed by atoms with van der Waals surface area (Å²) < 4.78 is 11.4. The Kier molecular flexibility index (Phi) is 9.05. The molecular weight excluding hydrogens is 602 g/mol. The lowest BCUT2D eigenvalue weighted by atomic mass is 9.90. The zero-order chi connectivity index (χ0) is 30.7. The molecule has 6 nitrogen and oxygen atoms in total. The topological polar surface area (TPSA) is 56.9 Å². The van der Waals surface area contributed by atoms with Gasteiger partial charge in [-0.15, -0.1) is 12.4 Å². The van der Waals surface area contributed by atoms with Gasteiger partial charge in [0.1, 0.15) is 24.0 Å². The number of hydrogen-bond donors (Lipinski definition) is 1. The Balaban J connectivity index is 0.00000351. The number of ether oxygens (including phenoxy) is 1. The van der Waals surface area contributed by atoms with Gasteiger partial charge in [0, 0.05) is 17.7 Å². The second-order valence-electron chi connectivity index (χ2n) is 12.1. The molecule has 0 spiro atoms. The van der Waals surface area contributed by atoms with E-state index in [0.717, 1.165) is 83.1 Å². The first kappa shape index (κ1) is 30.7. The summed E-state index contributed by atoms with van der Waals surface area (Å²) in [7, 11) is 0. The molecule has 0 saturated carbocycles. The van der Waals surface area contributed by atoms with Crippen LogP contribution in [0.15, 0.2) is 133 Å². The largest absolute Gasteiger partial charge is 0.491 e. The molecule has 1 N–H and O–H groups in total. The number of benzene rings is 5. The van der Waals surface area contributed by atoms with Crippen molar-refractivity contribution in [2.75, 3.05) is 19.7 Å². The van der Waals surface area contributed by atoms with Crippen LogP contribution in [-0.2, 0) is 6.54 Å². The second kappa shape index (κ2) is 13.8. The SMILES string of the molecule is Cl.c1ccc(Cn2c(-c3ccc(OC[C@H](C4CCNCC4)n4c(-c5ccccc5)nc5ccccc54)cc3)nc3ccccc32)cc1. The van der Waals surface area contributed by atoms with E-state index in [1.54, 1.807) is 0 Å². The summed E-state index contributed by atoms with van der Waals surface area (Å²) in [6, 6.07) is 46.6. The van der Waals surface area contributed by atoms with Gasteiger partial charge in [-0.1, -0.05) is 84.9 Å². The maximum Gasteiger partial charge on any atom is 0.141 e. The van der Waals surface area contributed by atoms with E-state index in [-0.39, 0.29) is 18.4 Å². The smallest absolute Gasteiger partial charge is 0.141 e. The average Bonchev–Trinajstić information content (AvgIpc) is 3.69. The van der Waals surface area contributed by atoms with Crippen LogP contribution in [0.5, 0.6) is 5.75 Å². The van der Waals surface area contributed by atoms with Gasteiger partial charge < -0.3 is 19.2 Å². The first-order valence-corrected chi connectivity index (χ1v) is 16.3. The van der Waals surface area contributed by atoms with Crippen molar-refractivity contribution in [3.05, 3.63) is 139 Å². The number of imidazole rings is 2. The molecule has 1 saturated heterocycles. The van der Waals surface area contributed by atoms with Gasteiger partial charge in [-0.05, 0) is 85.9 Å². The molecular formula is C40H38ClN5O. The van der Waals surface area contributed by atoms with Gasteiger partial charge in [-0.2, -0.15) is 0 Å². The van der Waals surface area contributed by atoms with Crippen molar-refractivity contribution in [1.29, 1.82) is 0 Å². The van der Waals surface area contributed by atoms with Gasteiger partial charge >= 0.3 is 0 Å². The number of para-hydroxylation sites is 4. The quantitative estimate of drug-likeness (QED) is 0.171. The summed E-state index contributed by atoms with van der Waals surface area (Å²) >= 11 is 0. The van der Waals surface area contributed by atoms with Crippen LogP contribution in [0.3, 0.4) is 0 Å². The van der Waals surface area contributed by atoms with Crippen LogP contribution in [0.4, 0.5) is 0 Å². The lowest BCUT2D eigenvalue weighted by Crippen LogP contribution is -2.35. The normalized spacial score (nSPS) is 14.2. The van der Waals surface area contributed by atoms with Crippen molar-refractivity contribution in [2.24, 2.45) is 5.92 Å². The number of fused-ring (bicyclic) bond motifs is 2. The number of rotatable bonds is 9. The van der Waals surface area contributed by atoms with Gasteiger partial charge in [0.05, 0.1) is 28.1 Å². The summed E-state index contributed by atoms with van der Waals surface area (Å²) in [6.45, 7) is 3.37. The van der Waals surface area contributed by atoms with Gasteiger partial charge in [0.2, 0.25) is 0 Å². The van der Waals surface area contributed by atoms with Crippen molar-refractivity contribution in [3.8, 4) is 28.5 Å². The van der Waals surface area contributed by atoms with E-state index >= 15 is 0 Å². The summed E-state index contributed by atoms with van der Waals surface area (Å²) in [5.41, 5.74) is 7.75. The van der Waals surface area contributed by atoms with Gasteiger partial charge in [-0.25, -0.2) is 9.97 Å². The fourth-order valence-electron chi connectivity index (χ4n) is 6.93. The summed E-state index contributed by atoms with van der Waals surface area (Å²) in [5, 5.41) is 3.55. The van der Waals surface area contributed by atoms with Crippen LogP contribution in [0.1, 0.15) is 24.4 Å². The van der Waals surface area contributed by atoms with Gasteiger partial charge in [0.15, 0.2) is 0 Å². The molecule has 1 aliphatic rings. The molecule has 7 heteroatoms. The Morgan fingerprint density at radius 1 is 0.638 bits per heavy atom. The van der Waals surface area contributed by atoms with E-state index in [0.29, 0.717) is 12.5 Å². The van der Waals surface area contributed by atoms with Crippen molar-refractivity contribution >= 4 is 34.5 Å². The van der Waals surface area contributed by atoms with E-state index in [1.165, 1.54) is 5.56 Å². The molecule has 3 heterocycles. The third-order valence-electron chi connectivity index (χ3n) is 9.26. The van der Waals surface area contributed by atoms with Crippen molar-refractivity contribution in [3.63, 3.8) is 0 Å². The average molecular weight is 640 g/mol. The van der Waals surface area contributed by atoms with Gasteiger partial charge in [0.25, 0.3) is 0 Å². The Labute approximate surface area is 281 Å². The highest BCUT2D eigenvalue weighted by molar-refractivity contribution is 5.85. The van der Waals surface area contributed by atoms with Crippen LogP contribution < -0.4 is 10.1 Å². The number of hydrogen-bond acceptors (Lipinski definition) is 4. The van der Waals surface area contributed by atoms with Gasteiger partial charge in [-0.3, -0.25) is 0 Å². The van der Waals surface area contributed by atoms with Crippen molar-refractivity contribution in [2.45, 2.75) is 25.4 Å². The Morgan fingerprint density at radius 2 is 1.21 bits per heavy atom. The Hall–Kier alpha value is -4.91. The fraction of sp³-hybridized carbons (Fsp3) is 0.200. The monoisotopic (exact) mass is 639 g/mol. The van der Waals surface area contributed by atoms with Crippen LogP contribution in [-0.4, -0.2) is 38.8 Å². The minimum atomic E-state index is 0. The fourth-order valence-corrected chi connectivity index (χ4v) is 6.93. The maximum atomic E-state index is 6.66. The number of nitrogens with one attached hydrogen (secondary N) is 1. The molecule has 5 aromatic carbocycles. The minimum Gasteiger partial charge on any atom is -0.491 e. The van der Waals surface area contributed by atoms with E-state index in [1.807, 2.05) is 6.07 Å². The third kappa shape index (κ3) is 6.27. The number of halogens is 1. The highest BCUT2D eigenvalue weighted by atomic mass is 35.5. The third-order valence-corrected chi connectivity index (χ3v) is 9.26. The molecule has 1 aliphatic heterocycles. The molecule has 1 fully saturated rings. The predicted octanol–water partition coefficient (Wildman–Crippen LogP) is 8.81. The van der Waals surface area contributed by atoms with E-state index in [2.05, 4.69) is 142 Å². The predicted molar refractivity (Wildman–Crippen MR) is 193 cm³/mol. The van der Waals surface area contributed by atoms with Crippen LogP contribution in [0.25, 0.3) is 44.8 Å². The maximum absolute atomic E-state index is 6.66. The molecule has 236 valence electrons. The number of nitrogens with zero attached hydrogens (tertiary/aromatic N) is 4. The molecule has 1 atom stereocenters. The first-order valence-electron chi connectivity index (χ1n) is 16.3. The Bertz CT molecular complexity index is 2070. The van der Waals surface area contributed by atoms with E-state index in [4.69, 9.17) is 14.7 Å². The lowest BCUT2D eigenvalue weighted by Gasteiger charge is -2.33. The second-order valence-corrected chi connectivity index (χ2v) is 12.1. The van der Waals surface area contributed by atoms with E-state index < -0.39 is 0 Å². The molecule has 8 rings (SSSR count). The first-order chi connectivity index (χ1) is 22.8. The zero-order valence-corrected chi connectivity index (χ0v) is 27.0. The lowest BCUT2D eigenvalue weighted by molar-refractivity contribution is 0.175. The standard InChI is InChI=1S/C40H37N5O.ClH/c1-3-11-29(12-4-1)27-44-36-17-9-7-15-34(36)42-39(44)32-19-21-33(22-20-32)46-28-38(30-23-25-41-26-24-30)45-37-18-10-8-16-35(37)43-40(45)31-13-5-2-6-14-31;/h1-22,30,38,41H,23-28H2;1H/t38-;/m1./s1. The summed E-state index contributed by atoms with van der Waals surface area (Å²) in [6.07, 6.45) is 2.21. The van der Waals surface area contributed by atoms with Crippen LogP contribution in [0, 0.1) is 5.92 Å². The van der Waals surface area contributed by atoms with Crippen molar-refractivity contribution < 1.29 is 4.74 Å². The summed E-state index contributed by atoms with van der Waals surface area (Å²) in [5.74, 6) is 3.29. The zero-order valence-electron chi connectivity index (χ0n) is 26.2. The molecule has 0 bridgehead atoms. The summed E-state index contributed by atoms with van der Waals surface area (Å²) in [4.78, 5) is 10.2. The minimum absolute atomic E-state index is 0. The molecule has 47 heavy (non-hydrogen) atoms. The highest BCUT2D eigenvalue weighted by Crippen LogP contribution is 2.36. The van der Waals surface area contributed by atoms with E-state index in [9.17, 15) is 0 Å². The molecule has 0 unspecified atom stereocenters. The van der Waals surface area contributed by atoms with Crippen LogP contribution >= 0.6 is 12.4 Å². The molecule has 0 amide bonds. The highest BCUT2D eigenvalue weighted by Gasteiger charge is 2.30. The molecule has 0 aliphatic carbocycles. The van der Waals surface area contributed by atoms with Crippen LogP contribution in [0.2, 0.25) is 0 Å². The number of piperidine rings is 1. The van der Waals surface area contributed by atoms with Crippen molar-refractivity contribution in [1.82, 2.24) is 24.4 Å².